The van der Waals surface area contributed by atoms with E-state index in [9.17, 15) is 21.6 Å². The molecule has 0 saturated carbocycles. The number of hydrogen-bond donors (Lipinski definition) is 0. The Morgan fingerprint density at radius 2 is 2.00 bits per heavy atom. The minimum atomic E-state index is -4.54. The zero-order valence-electron chi connectivity index (χ0n) is 7.70. The van der Waals surface area contributed by atoms with Crippen LogP contribution in [0.2, 0.25) is 5.15 Å². The van der Waals surface area contributed by atoms with Gasteiger partial charge in [0.1, 0.15) is 5.15 Å². The van der Waals surface area contributed by atoms with Gasteiger partial charge in [-0.15, -0.1) is 0 Å². The Labute approximate surface area is 94.4 Å². The fourth-order valence-corrected chi connectivity index (χ4v) is 2.14. The molecule has 1 aromatic heterocycles. The van der Waals surface area contributed by atoms with Gasteiger partial charge >= 0.3 is 6.18 Å². The monoisotopic (exact) mass is 274 g/mol. The molecule has 0 saturated heterocycles. The maximum absolute atomic E-state index is 11.8. The van der Waals surface area contributed by atoms with Gasteiger partial charge in [0.25, 0.3) is 0 Å². The minimum Gasteiger partial charge on any atom is -0.227 e. The first-order chi connectivity index (χ1) is 7.21. The number of aromatic nitrogens is 2. The van der Waals surface area contributed by atoms with E-state index in [0.717, 1.165) is 6.20 Å². The molecule has 9 heteroatoms. The number of alkyl halides is 3. The lowest BCUT2D eigenvalue weighted by Gasteiger charge is -2.06. The lowest BCUT2D eigenvalue weighted by molar-refractivity contribution is -0.129. The minimum absolute atomic E-state index is 0.138. The highest BCUT2D eigenvalue weighted by atomic mass is 35.5. The molecular weight excluding hydrogens is 269 g/mol. The zero-order chi connectivity index (χ0) is 12.4. The normalized spacial score (nSPS) is 12.8. The van der Waals surface area contributed by atoms with Crippen molar-refractivity contribution in [3.63, 3.8) is 0 Å². The summed E-state index contributed by atoms with van der Waals surface area (Å²) in [7, 11) is -4.14. The molecule has 0 aliphatic heterocycles. The molecular formula is C7H6ClF3N2O2S. The third-order valence-corrected chi connectivity index (χ3v) is 3.24. The van der Waals surface area contributed by atoms with Crippen molar-refractivity contribution in [1.82, 2.24) is 9.97 Å². The Hall–Kier alpha value is -0.890. The standard InChI is InChI=1S/C7H6ClF3N2O2S/c8-5-1-3-12-6(13-5)16(14,15)4-2-7(9,10)11/h1,3H,2,4H2. The smallest absolute Gasteiger partial charge is 0.227 e. The molecule has 4 nitrogen and oxygen atoms in total. The van der Waals surface area contributed by atoms with E-state index in [1.165, 1.54) is 6.07 Å². The topological polar surface area (TPSA) is 59.9 Å². The number of nitrogens with zero attached hydrogens (tertiary/aromatic N) is 2. The fourth-order valence-electron chi connectivity index (χ4n) is 0.811. The van der Waals surface area contributed by atoms with Gasteiger partial charge in [0.15, 0.2) is 0 Å². The number of sulfone groups is 1. The molecule has 16 heavy (non-hydrogen) atoms. The van der Waals surface area contributed by atoms with E-state index < -0.39 is 33.3 Å². The molecule has 0 atom stereocenters. The Morgan fingerprint density at radius 3 is 2.50 bits per heavy atom. The summed E-state index contributed by atoms with van der Waals surface area (Å²) in [4.78, 5) is 6.71. The van der Waals surface area contributed by atoms with E-state index in [1.54, 1.807) is 0 Å². The third kappa shape index (κ3) is 3.93. The van der Waals surface area contributed by atoms with Crippen LogP contribution in [0.15, 0.2) is 17.4 Å². The molecule has 0 bridgehead atoms. The molecule has 0 spiro atoms. The van der Waals surface area contributed by atoms with Gasteiger partial charge in [0, 0.05) is 6.20 Å². The van der Waals surface area contributed by atoms with Crippen molar-refractivity contribution < 1.29 is 21.6 Å². The molecule has 1 aromatic rings. The largest absolute Gasteiger partial charge is 0.390 e. The Bertz CT molecular complexity index is 475. The van der Waals surface area contributed by atoms with Gasteiger partial charge in [0.05, 0.1) is 12.2 Å². The van der Waals surface area contributed by atoms with E-state index in [4.69, 9.17) is 11.6 Å². The highest BCUT2D eigenvalue weighted by molar-refractivity contribution is 7.91. The molecule has 0 N–H and O–H groups in total. The molecule has 90 valence electrons. The summed E-state index contributed by atoms with van der Waals surface area (Å²) in [6, 6.07) is 1.23. The molecule has 0 radical (unpaired) electrons. The molecule has 0 unspecified atom stereocenters. The van der Waals surface area contributed by atoms with Gasteiger partial charge in [0.2, 0.25) is 15.0 Å². The lowest BCUT2D eigenvalue weighted by atomic mass is 10.5. The average Bonchev–Trinajstić information content (AvgIpc) is 2.14. The molecule has 0 amide bonds. The highest BCUT2D eigenvalue weighted by Gasteiger charge is 2.31. The van der Waals surface area contributed by atoms with E-state index >= 15 is 0 Å². The van der Waals surface area contributed by atoms with Crippen LogP contribution in [0.5, 0.6) is 0 Å². The van der Waals surface area contributed by atoms with Crippen LogP contribution in [0.1, 0.15) is 6.42 Å². The summed E-state index contributed by atoms with van der Waals surface area (Å²) in [6.07, 6.45) is -4.91. The van der Waals surface area contributed by atoms with Crippen LogP contribution >= 0.6 is 11.6 Å². The summed E-state index contributed by atoms with van der Waals surface area (Å²) in [6.45, 7) is 0. The molecule has 0 fully saturated rings. The van der Waals surface area contributed by atoms with Gasteiger partial charge in [-0.25, -0.2) is 18.4 Å². The Kier molecular flexibility index (Phi) is 3.74. The van der Waals surface area contributed by atoms with Crippen LogP contribution in [0.4, 0.5) is 13.2 Å². The molecule has 0 aliphatic rings. The van der Waals surface area contributed by atoms with E-state index in [-0.39, 0.29) is 5.15 Å². The first-order valence-corrected chi connectivity index (χ1v) is 6.02. The van der Waals surface area contributed by atoms with Crippen molar-refractivity contribution in [3.8, 4) is 0 Å². The van der Waals surface area contributed by atoms with Crippen LogP contribution in [-0.4, -0.2) is 30.3 Å². The second-order valence-electron chi connectivity index (χ2n) is 2.85. The van der Waals surface area contributed by atoms with Gasteiger partial charge in [-0.3, -0.25) is 0 Å². The number of hydrogen-bond acceptors (Lipinski definition) is 4. The summed E-state index contributed by atoms with van der Waals surface area (Å²) in [5, 5.41) is -0.829. The van der Waals surface area contributed by atoms with Crippen LogP contribution in [0, 0.1) is 0 Å². The highest BCUT2D eigenvalue weighted by Crippen LogP contribution is 2.21. The van der Waals surface area contributed by atoms with Crippen LogP contribution < -0.4 is 0 Å². The van der Waals surface area contributed by atoms with Crippen LogP contribution in [-0.2, 0) is 9.84 Å². The second-order valence-corrected chi connectivity index (χ2v) is 5.24. The van der Waals surface area contributed by atoms with Crippen molar-refractivity contribution in [1.29, 1.82) is 0 Å². The van der Waals surface area contributed by atoms with Crippen molar-refractivity contribution in [3.05, 3.63) is 17.4 Å². The second kappa shape index (κ2) is 4.54. The van der Waals surface area contributed by atoms with Crippen molar-refractivity contribution in [2.24, 2.45) is 0 Å². The third-order valence-electron chi connectivity index (χ3n) is 1.53. The van der Waals surface area contributed by atoms with E-state index in [0.29, 0.717) is 0 Å². The molecule has 1 rings (SSSR count). The summed E-state index contributed by atoms with van der Waals surface area (Å²) < 4.78 is 58.2. The quantitative estimate of drug-likeness (QED) is 0.623. The van der Waals surface area contributed by atoms with Crippen LogP contribution in [0.25, 0.3) is 0 Å². The van der Waals surface area contributed by atoms with Gasteiger partial charge in [-0.2, -0.15) is 13.2 Å². The maximum Gasteiger partial charge on any atom is 0.390 e. The number of rotatable bonds is 3. The SMILES string of the molecule is O=S(=O)(CCC(F)(F)F)c1nccc(Cl)n1. The first-order valence-electron chi connectivity index (χ1n) is 3.99. The molecule has 0 aromatic carbocycles. The predicted molar refractivity (Wildman–Crippen MR) is 49.8 cm³/mol. The summed E-state index contributed by atoms with van der Waals surface area (Å²) >= 11 is 5.40. The number of halogens is 4. The zero-order valence-corrected chi connectivity index (χ0v) is 9.27. The average molecular weight is 275 g/mol. The Balaban J connectivity index is 2.87. The van der Waals surface area contributed by atoms with Gasteiger partial charge < -0.3 is 0 Å². The Morgan fingerprint density at radius 1 is 1.38 bits per heavy atom. The maximum atomic E-state index is 11.8. The van der Waals surface area contributed by atoms with Gasteiger partial charge in [-0.05, 0) is 6.07 Å². The summed E-state index contributed by atoms with van der Waals surface area (Å²) in [5.41, 5.74) is 0. The molecule has 1 heterocycles. The van der Waals surface area contributed by atoms with E-state index in [1.807, 2.05) is 0 Å². The summed E-state index contributed by atoms with van der Waals surface area (Å²) in [5.74, 6) is -1.09. The fraction of sp³-hybridized carbons (Fsp3) is 0.429. The van der Waals surface area contributed by atoms with Crippen molar-refractivity contribution in [2.45, 2.75) is 17.8 Å². The van der Waals surface area contributed by atoms with Crippen molar-refractivity contribution >= 4 is 21.4 Å². The van der Waals surface area contributed by atoms with Crippen LogP contribution in [0.3, 0.4) is 0 Å². The first kappa shape index (κ1) is 13.2. The van der Waals surface area contributed by atoms with E-state index in [2.05, 4.69) is 9.97 Å². The molecule has 0 aliphatic carbocycles. The lowest BCUT2D eigenvalue weighted by Crippen LogP contribution is -2.18. The van der Waals surface area contributed by atoms with Crippen molar-refractivity contribution in [2.75, 3.05) is 5.75 Å². The predicted octanol–water partition coefficient (Wildman–Crippen LogP) is 1.86. The van der Waals surface area contributed by atoms with Gasteiger partial charge in [-0.1, -0.05) is 11.6 Å².